The van der Waals surface area contributed by atoms with E-state index in [1.54, 1.807) is 13.8 Å². The van der Waals surface area contributed by atoms with E-state index in [9.17, 15) is 18.0 Å². The number of piperazine rings is 1. The standard InChI is InChI=1S/C12H21F3N2O/c1-8(2)5-9-6-16-11(3,4)7-17(9)10(18)12(13,14)15/h8-9,16H,5-7H2,1-4H3. The molecule has 1 amide bonds. The fraction of sp³-hybridized carbons (Fsp3) is 0.917. The van der Waals surface area contributed by atoms with Crippen molar-refractivity contribution >= 4 is 5.91 Å². The number of nitrogens with zero attached hydrogens (tertiary/aromatic N) is 1. The lowest BCUT2D eigenvalue weighted by Gasteiger charge is -2.45. The van der Waals surface area contributed by atoms with Gasteiger partial charge < -0.3 is 10.2 Å². The molecule has 1 saturated heterocycles. The predicted octanol–water partition coefficient (Wildman–Crippen LogP) is 2.17. The van der Waals surface area contributed by atoms with Crippen LogP contribution in [0.2, 0.25) is 0 Å². The number of nitrogens with one attached hydrogen (secondary N) is 1. The summed E-state index contributed by atoms with van der Waals surface area (Å²) in [4.78, 5) is 12.5. The fourth-order valence-corrected chi connectivity index (χ4v) is 2.27. The summed E-state index contributed by atoms with van der Waals surface area (Å²) in [6.07, 6.45) is -4.21. The topological polar surface area (TPSA) is 32.3 Å². The van der Waals surface area contributed by atoms with Gasteiger partial charge in [0.2, 0.25) is 0 Å². The molecule has 0 bridgehead atoms. The molecule has 1 N–H and O–H groups in total. The number of carbonyl (C=O) groups is 1. The number of hydrogen-bond acceptors (Lipinski definition) is 2. The normalized spacial score (nSPS) is 24.4. The van der Waals surface area contributed by atoms with Gasteiger partial charge >= 0.3 is 12.1 Å². The first kappa shape index (κ1) is 15.3. The predicted molar refractivity (Wildman–Crippen MR) is 63.1 cm³/mol. The number of amides is 1. The van der Waals surface area contributed by atoms with Crippen LogP contribution in [-0.2, 0) is 4.79 Å². The van der Waals surface area contributed by atoms with Crippen LogP contribution in [0.3, 0.4) is 0 Å². The summed E-state index contributed by atoms with van der Waals surface area (Å²) in [7, 11) is 0. The molecule has 3 nitrogen and oxygen atoms in total. The minimum absolute atomic E-state index is 0.0860. The van der Waals surface area contributed by atoms with E-state index in [-0.39, 0.29) is 18.5 Å². The van der Waals surface area contributed by atoms with E-state index < -0.39 is 17.6 Å². The number of carbonyl (C=O) groups excluding carboxylic acids is 1. The maximum absolute atomic E-state index is 12.6. The highest BCUT2D eigenvalue weighted by Gasteiger charge is 2.47. The first-order valence-corrected chi connectivity index (χ1v) is 6.16. The van der Waals surface area contributed by atoms with Crippen LogP contribution in [0.4, 0.5) is 13.2 Å². The fourth-order valence-electron chi connectivity index (χ4n) is 2.27. The van der Waals surface area contributed by atoms with Gasteiger partial charge in [-0.15, -0.1) is 0 Å². The monoisotopic (exact) mass is 266 g/mol. The van der Waals surface area contributed by atoms with Crippen LogP contribution in [0.5, 0.6) is 0 Å². The Morgan fingerprint density at radius 3 is 2.44 bits per heavy atom. The van der Waals surface area contributed by atoms with E-state index in [0.717, 1.165) is 4.90 Å². The van der Waals surface area contributed by atoms with Crippen LogP contribution in [0.25, 0.3) is 0 Å². The Hall–Kier alpha value is -0.780. The first-order valence-electron chi connectivity index (χ1n) is 6.16. The van der Waals surface area contributed by atoms with E-state index in [1.807, 2.05) is 13.8 Å². The van der Waals surface area contributed by atoms with Gasteiger partial charge in [0, 0.05) is 24.7 Å². The molecule has 6 heteroatoms. The van der Waals surface area contributed by atoms with Crippen molar-refractivity contribution in [3.05, 3.63) is 0 Å². The van der Waals surface area contributed by atoms with Gasteiger partial charge in [0.1, 0.15) is 0 Å². The molecular formula is C12H21F3N2O. The summed E-state index contributed by atoms with van der Waals surface area (Å²) in [6, 6.07) is -0.382. The molecule has 1 heterocycles. The summed E-state index contributed by atoms with van der Waals surface area (Å²) < 4.78 is 37.8. The quantitative estimate of drug-likeness (QED) is 0.831. The van der Waals surface area contributed by atoms with E-state index in [0.29, 0.717) is 13.0 Å². The second-order valence-corrected chi connectivity index (χ2v) is 5.98. The molecule has 0 aromatic rings. The molecule has 106 valence electrons. The van der Waals surface area contributed by atoms with E-state index in [2.05, 4.69) is 5.32 Å². The highest BCUT2D eigenvalue weighted by molar-refractivity contribution is 5.82. The Bertz CT molecular complexity index is 313. The molecule has 0 spiro atoms. The Morgan fingerprint density at radius 1 is 1.44 bits per heavy atom. The third-order valence-corrected chi connectivity index (χ3v) is 3.07. The van der Waals surface area contributed by atoms with Gasteiger partial charge in [0.25, 0.3) is 0 Å². The van der Waals surface area contributed by atoms with Crippen LogP contribution in [0.15, 0.2) is 0 Å². The molecule has 1 rings (SSSR count). The number of rotatable bonds is 2. The van der Waals surface area contributed by atoms with Crippen LogP contribution in [-0.4, -0.2) is 41.7 Å². The van der Waals surface area contributed by atoms with Crippen LogP contribution in [0.1, 0.15) is 34.1 Å². The summed E-state index contributed by atoms with van der Waals surface area (Å²) in [6.45, 7) is 7.98. The van der Waals surface area contributed by atoms with Crippen molar-refractivity contribution in [3.63, 3.8) is 0 Å². The Balaban J connectivity index is 2.87. The average molecular weight is 266 g/mol. The average Bonchev–Trinajstić information content (AvgIpc) is 2.17. The lowest BCUT2D eigenvalue weighted by atomic mass is 9.94. The zero-order chi connectivity index (χ0) is 14.1. The van der Waals surface area contributed by atoms with Crippen molar-refractivity contribution in [2.75, 3.05) is 13.1 Å². The Morgan fingerprint density at radius 2 is 2.00 bits per heavy atom. The Kier molecular flexibility index (Phi) is 4.30. The van der Waals surface area contributed by atoms with Crippen molar-refractivity contribution in [1.82, 2.24) is 10.2 Å². The SMILES string of the molecule is CC(C)CC1CNC(C)(C)CN1C(=O)C(F)(F)F. The summed E-state index contributed by atoms with van der Waals surface area (Å²) in [5, 5.41) is 3.19. The second-order valence-electron chi connectivity index (χ2n) is 5.98. The maximum Gasteiger partial charge on any atom is 0.471 e. The minimum Gasteiger partial charge on any atom is -0.329 e. The third kappa shape index (κ3) is 3.86. The van der Waals surface area contributed by atoms with Crippen molar-refractivity contribution in [1.29, 1.82) is 0 Å². The van der Waals surface area contributed by atoms with Gasteiger partial charge in [-0.2, -0.15) is 13.2 Å². The van der Waals surface area contributed by atoms with Gasteiger partial charge in [0.05, 0.1) is 0 Å². The number of hydrogen-bond donors (Lipinski definition) is 1. The van der Waals surface area contributed by atoms with Gasteiger partial charge in [-0.1, -0.05) is 13.8 Å². The van der Waals surface area contributed by atoms with Gasteiger partial charge in [-0.05, 0) is 26.2 Å². The number of alkyl halides is 3. The van der Waals surface area contributed by atoms with Crippen LogP contribution in [0, 0.1) is 5.92 Å². The second kappa shape index (κ2) is 5.07. The zero-order valence-corrected chi connectivity index (χ0v) is 11.3. The summed E-state index contributed by atoms with van der Waals surface area (Å²) in [5.74, 6) is -1.47. The van der Waals surface area contributed by atoms with Crippen molar-refractivity contribution in [2.45, 2.75) is 51.9 Å². The molecule has 1 fully saturated rings. The maximum atomic E-state index is 12.6. The van der Waals surface area contributed by atoms with Gasteiger partial charge in [0.15, 0.2) is 0 Å². The third-order valence-electron chi connectivity index (χ3n) is 3.07. The molecule has 0 saturated carbocycles. The lowest BCUT2D eigenvalue weighted by molar-refractivity contribution is -0.190. The highest BCUT2D eigenvalue weighted by Crippen LogP contribution is 2.26. The van der Waals surface area contributed by atoms with Crippen LogP contribution < -0.4 is 5.32 Å². The van der Waals surface area contributed by atoms with E-state index in [4.69, 9.17) is 0 Å². The molecule has 1 aliphatic rings. The summed E-state index contributed by atoms with van der Waals surface area (Å²) >= 11 is 0. The minimum atomic E-state index is -4.79. The van der Waals surface area contributed by atoms with E-state index >= 15 is 0 Å². The van der Waals surface area contributed by atoms with E-state index in [1.165, 1.54) is 0 Å². The largest absolute Gasteiger partial charge is 0.471 e. The number of halogens is 3. The molecule has 0 aromatic heterocycles. The molecule has 1 atom stereocenters. The lowest BCUT2D eigenvalue weighted by Crippen LogP contribution is -2.64. The molecular weight excluding hydrogens is 245 g/mol. The van der Waals surface area contributed by atoms with Crippen LogP contribution >= 0.6 is 0 Å². The van der Waals surface area contributed by atoms with Crippen molar-refractivity contribution in [2.24, 2.45) is 5.92 Å². The Labute approximate surface area is 106 Å². The van der Waals surface area contributed by atoms with Crippen molar-refractivity contribution in [3.8, 4) is 0 Å². The smallest absolute Gasteiger partial charge is 0.329 e. The molecule has 0 radical (unpaired) electrons. The molecule has 18 heavy (non-hydrogen) atoms. The zero-order valence-electron chi connectivity index (χ0n) is 11.3. The molecule has 1 aliphatic heterocycles. The molecule has 0 aromatic carbocycles. The first-order chi connectivity index (χ1) is 8.03. The summed E-state index contributed by atoms with van der Waals surface area (Å²) in [5.41, 5.74) is -0.478. The molecule has 0 aliphatic carbocycles. The van der Waals surface area contributed by atoms with Gasteiger partial charge in [-0.3, -0.25) is 4.79 Å². The molecule has 1 unspecified atom stereocenters. The van der Waals surface area contributed by atoms with Crippen molar-refractivity contribution < 1.29 is 18.0 Å². The van der Waals surface area contributed by atoms with Gasteiger partial charge in [-0.25, -0.2) is 0 Å². The highest BCUT2D eigenvalue weighted by atomic mass is 19.4.